The molecule has 1 N–H and O–H groups in total. The van der Waals surface area contributed by atoms with Crippen LogP contribution in [0.15, 0.2) is 0 Å². The van der Waals surface area contributed by atoms with E-state index < -0.39 is 0 Å². The first-order chi connectivity index (χ1) is 6.76. The van der Waals surface area contributed by atoms with Gasteiger partial charge in [-0.3, -0.25) is 10.6 Å². The minimum Gasteiger partial charge on any atom is -0.299 e. The van der Waals surface area contributed by atoms with Gasteiger partial charge in [0.15, 0.2) is 0 Å². The van der Waals surface area contributed by atoms with Crippen molar-refractivity contribution >= 4 is 0 Å². The molecule has 2 heteroatoms. The smallest absolute Gasteiger partial charge is 0.0253 e. The minimum absolute atomic E-state index is 0.361. The van der Waals surface area contributed by atoms with Gasteiger partial charge in [0.2, 0.25) is 0 Å². The molecule has 1 atom stereocenters. The highest BCUT2D eigenvalue weighted by Crippen LogP contribution is 2.05. The first kappa shape index (κ1) is 13.9. The third-order valence-corrected chi connectivity index (χ3v) is 2.63. The maximum Gasteiger partial charge on any atom is 0.0253 e. The van der Waals surface area contributed by atoms with E-state index in [1.54, 1.807) is 0 Å². The second-order valence-corrected chi connectivity index (χ2v) is 3.94. The van der Waals surface area contributed by atoms with Crippen molar-refractivity contribution in [3.63, 3.8) is 0 Å². The predicted octanol–water partition coefficient (Wildman–Crippen LogP) is 2.64. The Morgan fingerprint density at radius 3 is 2.43 bits per heavy atom. The summed E-state index contributed by atoms with van der Waals surface area (Å²) in [6.45, 7) is 12.4. The summed E-state index contributed by atoms with van der Waals surface area (Å²) >= 11 is 0. The van der Waals surface area contributed by atoms with Crippen LogP contribution in [0.3, 0.4) is 0 Å². The van der Waals surface area contributed by atoms with Gasteiger partial charge in [0.25, 0.3) is 0 Å². The predicted molar refractivity (Wildman–Crippen MR) is 62.1 cm³/mol. The van der Waals surface area contributed by atoms with Crippen LogP contribution in [0.25, 0.3) is 0 Å². The minimum atomic E-state index is 0.361. The van der Waals surface area contributed by atoms with Crippen LogP contribution in [-0.2, 0) is 0 Å². The highest BCUT2D eigenvalue weighted by Gasteiger charge is 2.10. The maximum atomic E-state index is 7.35. The average molecular weight is 197 g/mol. The van der Waals surface area contributed by atoms with Crippen LogP contribution in [-0.4, -0.2) is 30.6 Å². The van der Waals surface area contributed by atoms with E-state index in [0.717, 1.165) is 13.1 Å². The fraction of sp³-hybridized carbons (Fsp3) is 0.917. The molecule has 0 aromatic rings. The van der Waals surface area contributed by atoms with Gasteiger partial charge >= 0.3 is 0 Å². The van der Waals surface area contributed by atoms with Crippen LogP contribution in [0.4, 0.5) is 0 Å². The van der Waals surface area contributed by atoms with Gasteiger partial charge in [0, 0.05) is 12.6 Å². The molecule has 2 nitrogen and oxygen atoms in total. The van der Waals surface area contributed by atoms with E-state index in [-0.39, 0.29) is 0 Å². The summed E-state index contributed by atoms with van der Waals surface area (Å²) in [7, 11) is 0. The van der Waals surface area contributed by atoms with Crippen molar-refractivity contribution < 1.29 is 0 Å². The summed E-state index contributed by atoms with van der Waals surface area (Å²) in [5.74, 6) is 0. The second-order valence-electron chi connectivity index (χ2n) is 3.94. The Balaban J connectivity index is 3.61. The fourth-order valence-electron chi connectivity index (χ4n) is 1.59. The Bertz CT molecular complexity index is 115. The lowest BCUT2D eigenvalue weighted by molar-refractivity contribution is 0.210. The monoisotopic (exact) mass is 197 g/mol. The van der Waals surface area contributed by atoms with Crippen LogP contribution in [0.1, 0.15) is 46.0 Å². The molecule has 0 heterocycles. The Morgan fingerprint density at radius 1 is 1.21 bits per heavy atom. The highest BCUT2D eigenvalue weighted by atomic mass is 15.2. The molecule has 0 saturated heterocycles. The molecule has 0 amide bonds. The maximum absolute atomic E-state index is 7.35. The molecule has 3 radical (unpaired) electrons. The molecule has 0 spiro atoms. The van der Waals surface area contributed by atoms with Gasteiger partial charge in [-0.15, -0.1) is 0 Å². The summed E-state index contributed by atoms with van der Waals surface area (Å²) in [5.41, 5.74) is 7.35. The van der Waals surface area contributed by atoms with Crippen molar-refractivity contribution in [1.29, 1.82) is 0 Å². The van der Waals surface area contributed by atoms with Crippen molar-refractivity contribution in [3.8, 4) is 0 Å². The number of hydrogen-bond acceptors (Lipinski definition) is 1. The van der Waals surface area contributed by atoms with E-state index in [4.69, 9.17) is 12.7 Å². The molecule has 0 fully saturated rings. The molecule has 0 aliphatic carbocycles. The molecule has 0 aromatic heterocycles. The lowest BCUT2D eigenvalue weighted by atomic mass is 10.1. The summed E-state index contributed by atoms with van der Waals surface area (Å²) in [4.78, 5) is 2.34. The van der Waals surface area contributed by atoms with Crippen LogP contribution in [0, 0.1) is 6.92 Å². The quantitative estimate of drug-likeness (QED) is 0.522. The molecule has 14 heavy (non-hydrogen) atoms. The molecular weight excluding hydrogens is 172 g/mol. The lowest BCUT2D eigenvalue weighted by Gasteiger charge is -2.27. The summed E-state index contributed by atoms with van der Waals surface area (Å²) < 4.78 is 0. The standard InChI is InChI=1S/C12H25N2/c1-4-6-7-8-10-14(9-5-2)12(3)11-13/h2,12-13H,4-11H2,1,3H3. The molecule has 0 aliphatic rings. The van der Waals surface area contributed by atoms with E-state index in [9.17, 15) is 0 Å². The molecule has 1 unspecified atom stereocenters. The van der Waals surface area contributed by atoms with Gasteiger partial charge in [0.05, 0.1) is 0 Å². The Morgan fingerprint density at radius 2 is 1.93 bits per heavy atom. The van der Waals surface area contributed by atoms with Crippen LogP contribution in [0.2, 0.25) is 0 Å². The van der Waals surface area contributed by atoms with Gasteiger partial charge in [-0.05, 0) is 39.8 Å². The number of unbranched alkanes of at least 4 members (excludes halogenated alkanes) is 3. The normalized spacial score (nSPS) is 13.5. The Labute approximate surface area is 89.9 Å². The third-order valence-electron chi connectivity index (χ3n) is 2.63. The van der Waals surface area contributed by atoms with Gasteiger partial charge in [-0.25, -0.2) is 0 Å². The topological polar surface area (TPSA) is 27.0 Å². The van der Waals surface area contributed by atoms with Crippen molar-refractivity contribution in [2.45, 2.75) is 52.0 Å². The van der Waals surface area contributed by atoms with Gasteiger partial charge in [-0.2, -0.15) is 0 Å². The third kappa shape index (κ3) is 6.39. The van der Waals surface area contributed by atoms with E-state index in [2.05, 4.69) is 18.7 Å². The van der Waals surface area contributed by atoms with Crippen molar-refractivity contribution in [2.75, 3.05) is 19.6 Å². The van der Waals surface area contributed by atoms with E-state index >= 15 is 0 Å². The molecule has 0 saturated carbocycles. The fourth-order valence-corrected chi connectivity index (χ4v) is 1.59. The number of rotatable bonds is 9. The first-order valence-corrected chi connectivity index (χ1v) is 5.85. The van der Waals surface area contributed by atoms with Crippen LogP contribution >= 0.6 is 0 Å². The summed E-state index contributed by atoms with van der Waals surface area (Å²) in [5, 5.41) is 0. The molecule has 0 rings (SSSR count). The summed E-state index contributed by atoms with van der Waals surface area (Å²) in [6, 6.07) is 0.361. The SMILES string of the molecule is [CH]CCN(CCCCCC)C(C)C[NH]. The number of nitrogens with zero attached hydrogens (tertiary/aromatic N) is 1. The molecule has 83 valence electrons. The zero-order valence-electron chi connectivity index (χ0n) is 9.76. The van der Waals surface area contributed by atoms with E-state index in [1.807, 2.05) is 0 Å². The van der Waals surface area contributed by atoms with E-state index in [1.165, 1.54) is 25.7 Å². The van der Waals surface area contributed by atoms with Crippen molar-refractivity contribution in [2.24, 2.45) is 0 Å². The van der Waals surface area contributed by atoms with Gasteiger partial charge < -0.3 is 0 Å². The number of nitrogens with one attached hydrogen (secondary N) is 1. The molecule has 0 aliphatic heterocycles. The van der Waals surface area contributed by atoms with Gasteiger partial charge in [-0.1, -0.05) is 26.2 Å². The average Bonchev–Trinajstić information content (AvgIpc) is 2.21. The van der Waals surface area contributed by atoms with Crippen molar-refractivity contribution in [3.05, 3.63) is 6.92 Å². The Hall–Kier alpha value is -0.0800. The molecule has 0 aromatic carbocycles. The molecule has 0 bridgehead atoms. The zero-order valence-corrected chi connectivity index (χ0v) is 9.76. The first-order valence-electron chi connectivity index (χ1n) is 5.85. The lowest BCUT2D eigenvalue weighted by Crippen LogP contribution is -2.37. The van der Waals surface area contributed by atoms with Crippen LogP contribution < -0.4 is 5.73 Å². The zero-order chi connectivity index (χ0) is 10.8. The second kappa shape index (κ2) is 9.47. The largest absolute Gasteiger partial charge is 0.299 e. The summed E-state index contributed by atoms with van der Waals surface area (Å²) in [6.07, 6.45) is 5.87. The van der Waals surface area contributed by atoms with Gasteiger partial charge in [0.1, 0.15) is 0 Å². The highest BCUT2D eigenvalue weighted by molar-refractivity contribution is 4.68. The van der Waals surface area contributed by atoms with Crippen molar-refractivity contribution in [1.82, 2.24) is 10.6 Å². The molecular formula is C12H25N2. The van der Waals surface area contributed by atoms with E-state index in [0.29, 0.717) is 19.0 Å². The van der Waals surface area contributed by atoms with Crippen LogP contribution in [0.5, 0.6) is 0 Å². The number of hydrogen-bond donors (Lipinski definition) is 0. The Kier molecular flexibility index (Phi) is 9.42.